The minimum Gasteiger partial charge on any atom is -0.459 e. The maximum atomic E-state index is 11.9. The third-order valence-electron chi connectivity index (χ3n) is 2.81. The molecule has 2 rings (SSSR count). The number of carbonyl (C=O) groups excluding carboxylic acids is 1. The first-order valence-corrected chi connectivity index (χ1v) is 5.99. The molecule has 0 aromatic heterocycles. The summed E-state index contributed by atoms with van der Waals surface area (Å²) in [4.78, 5) is 11.9. The lowest BCUT2D eigenvalue weighted by molar-refractivity contribution is -0.146. The van der Waals surface area contributed by atoms with Crippen LogP contribution in [0.25, 0.3) is 0 Å². The van der Waals surface area contributed by atoms with E-state index >= 15 is 0 Å². The van der Waals surface area contributed by atoms with Crippen molar-refractivity contribution in [1.29, 1.82) is 0 Å². The average molecular weight is 256 g/mol. The number of nitrogens with two attached hydrogens (primary N) is 2. The summed E-state index contributed by atoms with van der Waals surface area (Å²) < 4.78 is 5.18. The number of rotatable bonds is 4. The van der Waals surface area contributed by atoms with Gasteiger partial charge < -0.3 is 16.2 Å². The molecule has 4 nitrogen and oxygen atoms in total. The molecule has 0 heterocycles. The number of esters is 1. The van der Waals surface area contributed by atoms with Gasteiger partial charge in [0.05, 0.1) is 0 Å². The van der Waals surface area contributed by atoms with Crippen molar-refractivity contribution in [3.8, 4) is 0 Å². The van der Waals surface area contributed by atoms with Crippen molar-refractivity contribution in [2.45, 2.75) is 12.6 Å². The molecule has 19 heavy (non-hydrogen) atoms. The fourth-order valence-electron chi connectivity index (χ4n) is 1.74. The minimum atomic E-state index is -0.857. The van der Waals surface area contributed by atoms with E-state index in [9.17, 15) is 4.79 Å². The van der Waals surface area contributed by atoms with Crippen LogP contribution in [-0.4, -0.2) is 5.97 Å². The Hall–Kier alpha value is -2.33. The van der Waals surface area contributed by atoms with E-state index in [-0.39, 0.29) is 6.61 Å². The SMILES string of the molecule is Nc1ccccc1C(N)C(=O)OCc1ccccc1. The zero-order valence-corrected chi connectivity index (χ0v) is 10.5. The predicted octanol–water partition coefficient (Wildman–Crippen LogP) is 2.01. The highest BCUT2D eigenvalue weighted by Gasteiger charge is 2.19. The van der Waals surface area contributed by atoms with Gasteiger partial charge in [0.15, 0.2) is 0 Å². The standard InChI is InChI=1S/C15H16N2O2/c16-13-9-5-4-8-12(13)14(17)15(18)19-10-11-6-2-1-3-7-11/h1-9,14H,10,16-17H2. The van der Waals surface area contributed by atoms with Crippen molar-refractivity contribution in [3.05, 3.63) is 65.7 Å². The molecule has 0 aliphatic rings. The van der Waals surface area contributed by atoms with E-state index in [0.717, 1.165) is 5.56 Å². The molecule has 1 unspecified atom stereocenters. The lowest BCUT2D eigenvalue weighted by Crippen LogP contribution is -2.24. The second-order valence-electron chi connectivity index (χ2n) is 4.20. The van der Waals surface area contributed by atoms with Gasteiger partial charge >= 0.3 is 5.97 Å². The molecule has 1 atom stereocenters. The number of hydrogen-bond acceptors (Lipinski definition) is 4. The Labute approximate surface area is 112 Å². The fourth-order valence-corrected chi connectivity index (χ4v) is 1.74. The molecule has 0 fully saturated rings. The normalized spacial score (nSPS) is 11.8. The third-order valence-corrected chi connectivity index (χ3v) is 2.81. The summed E-state index contributed by atoms with van der Waals surface area (Å²) in [5.74, 6) is -0.484. The Bertz CT molecular complexity index is 555. The van der Waals surface area contributed by atoms with Gasteiger partial charge in [0.1, 0.15) is 12.6 Å². The van der Waals surface area contributed by atoms with Crippen LogP contribution in [0.15, 0.2) is 54.6 Å². The summed E-state index contributed by atoms with van der Waals surface area (Å²) in [6.45, 7) is 0.208. The molecule has 0 bridgehead atoms. The number of anilines is 1. The first kappa shape index (κ1) is 13.1. The second kappa shape index (κ2) is 6.02. The predicted molar refractivity (Wildman–Crippen MR) is 74.0 cm³/mol. The van der Waals surface area contributed by atoms with E-state index < -0.39 is 12.0 Å². The largest absolute Gasteiger partial charge is 0.459 e. The van der Waals surface area contributed by atoms with E-state index in [4.69, 9.17) is 16.2 Å². The van der Waals surface area contributed by atoms with Crippen LogP contribution in [-0.2, 0) is 16.1 Å². The lowest BCUT2D eigenvalue weighted by atomic mass is 10.1. The van der Waals surface area contributed by atoms with Gasteiger partial charge in [0.25, 0.3) is 0 Å². The average Bonchev–Trinajstić information content (AvgIpc) is 2.45. The summed E-state index contributed by atoms with van der Waals surface area (Å²) in [5.41, 5.74) is 13.6. The quantitative estimate of drug-likeness (QED) is 0.648. The highest BCUT2D eigenvalue weighted by atomic mass is 16.5. The second-order valence-corrected chi connectivity index (χ2v) is 4.20. The van der Waals surface area contributed by atoms with Gasteiger partial charge in [-0.2, -0.15) is 0 Å². The van der Waals surface area contributed by atoms with E-state index in [2.05, 4.69) is 0 Å². The van der Waals surface area contributed by atoms with Gasteiger partial charge in [-0.25, -0.2) is 4.79 Å². The third kappa shape index (κ3) is 3.33. The van der Waals surface area contributed by atoms with Gasteiger partial charge in [0, 0.05) is 11.3 Å². The number of hydrogen-bond donors (Lipinski definition) is 2. The zero-order chi connectivity index (χ0) is 13.7. The van der Waals surface area contributed by atoms with Gasteiger partial charge in [-0.05, 0) is 11.6 Å². The number of ether oxygens (including phenoxy) is 1. The molecule has 2 aromatic rings. The maximum absolute atomic E-state index is 11.9. The molecular weight excluding hydrogens is 240 g/mol. The van der Waals surface area contributed by atoms with Crippen molar-refractivity contribution in [2.75, 3.05) is 5.73 Å². The summed E-state index contributed by atoms with van der Waals surface area (Å²) >= 11 is 0. The van der Waals surface area contributed by atoms with E-state index in [1.165, 1.54) is 0 Å². The molecule has 0 aliphatic heterocycles. The number of para-hydroxylation sites is 1. The molecule has 0 aliphatic carbocycles. The van der Waals surface area contributed by atoms with Crippen LogP contribution in [0.2, 0.25) is 0 Å². The highest BCUT2D eigenvalue weighted by molar-refractivity contribution is 5.79. The van der Waals surface area contributed by atoms with E-state index in [1.807, 2.05) is 30.3 Å². The Morgan fingerprint density at radius 1 is 1.05 bits per heavy atom. The number of benzene rings is 2. The molecule has 0 spiro atoms. The molecule has 0 radical (unpaired) electrons. The van der Waals surface area contributed by atoms with Crippen molar-refractivity contribution in [2.24, 2.45) is 5.73 Å². The molecule has 0 saturated heterocycles. The molecule has 0 saturated carbocycles. The Morgan fingerprint density at radius 3 is 2.37 bits per heavy atom. The number of nitrogen functional groups attached to an aromatic ring is 1. The van der Waals surface area contributed by atoms with Crippen molar-refractivity contribution >= 4 is 11.7 Å². The van der Waals surface area contributed by atoms with Gasteiger partial charge in [-0.1, -0.05) is 48.5 Å². The molecule has 4 heteroatoms. The highest BCUT2D eigenvalue weighted by Crippen LogP contribution is 2.19. The molecule has 4 N–H and O–H groups in total. The van der Waals surface area contributed by atoms with Crippen molar-refractivity contribution < 1.29 is 9.53 Å². The fraction of sp³-hybridized carbons (Fsp3) is 0.133. The maximum Gasteiger partial charge on any atom is 0.327 e. The van der Waals surface area contributed by atoms with Crippen LogP contribution in [0.4, 0.5) is 5.69 Å². The van der Waals surface area contributed by atoms with E-state index in [1.54, 1.807) is 24.3 Å². The van der Waals surface area contributed by atoms with Crippen LogP contribution < -0.4 is 11.5 Å². The molecule has 0 amide bonds. The van der Waals surface area contributed by atoms with Gasteiger partial charge in [-0.15, -0.1) is 0 Å². The molecule has 98 valence electrons. The van der Waals surface area contributed by atoms with Crippen LogP contribution in [0.1, 0.15) is 17.2 Å². The first-order valence-electron chi connectivity index (χ1n) is 5.99. The Balaban J connectivity index is 1.99. The van der Waals surface area contributed by atoms with Crippen LogP contribution in [0.5, 0.6) is 0 Å². The van der Waals surface area contributed by atoms with Crippen LogP contribution in [0, 0.1) is 0 Å². The topological polar surface area (TPSA) is 78.3 Å². The number of carbonyl (C=O) groups is 1. The van der Waals surface area contributed by atoms with Crippen molar-refractivity contribution in [3.63, 3.8) is 0 Å². The Kier molecular flexibility index (Phi) is 4.15. The first-order chi connectivity index (χ1) is 9.18. The monoisotopic (exact) mass is 256 g/mol. The lowest BCUT2D eigenvalue weighted by Gasteiger charge is -2.13. The summed E-state index contributed by atoms with van der Waals surface area (Å²) in [7, 11) is 0. The smallest absolute Gasteiger partial charge is 0.327 e. The molecule has 2 aromatic carbocycles. The van der Waals surface area contributed by atoms with Gasteiger partial charge in [0.2, 0.25) is 0 Å². The summed E-state index contributed by atoms with van der Waals surface area (Å²) in [5, 5.41) is 0. The minimum absolute atomic E-state index is 0.208. The van der Waals surface area contributed by atoms with Crippen LogP contribution >= 0.6 is 0 Å². The summed E-state index contributed by atoms with van der Waals surface area (Å²) in [6.07, 6.45) is 0. The Morgan fingerprint density at radius 2 is 1.68 bits per heavy atom. The molecular formula is C15H16N2O2. The summed E-state index contributed by atoms with van der Waals surface area (Å²) in [6, 6.07) is 15.6. The van der Waals surface area contributed by atoms with Crippen LogP contribution in [0.3, 0.4) is 0 Å². The van der Waals surface area contributed by atoms with E-state index in [0.29, 0.717) is 11.3 Å². The van der Waals surface area contributed by atoms with Crippen molar-refractivity contribution in [1.82, 2.24) is 0 Å². The zero-order valence-electron chi connectivity index (χ0n) is 10.5. The van der Waals surface area contributed by atoms with Gasteiger partial charge in [-0.3, -0.25) is 0 Å².